The van der Waals surface area contributed by atoms with Crippen molar-refractivity contribution in [3.8, 4) is 34.4 Å². The number of nitrogens with zero attached hydrogens (tertiary/aromatic N) is 3. The third kappa shape index (κ3) is 10.9. The van der Waals surface area contributed by atoms with Gasteiger partial charge in [-0.25, -0.2) is 18.2 Å². The summed E-state index contributed by atoms with van der Waals surface area (Å²) < 4.78 is 55.1. The molecule has 1 fully saturated rings. The Morgan fingerprint density at radius 2 is 1.57 bits per heavy atom. The number of aryl methyl sites for hydroxylation is 1. The highest BCUT2D eigenvalue weighted by Gasteiger charge is 2.43. The molecule has 1 amide bonds. The van der Waals surface area contributed by atoms with E-state index in [0.29, 0.717) is 55.4 Å². The summed E-state index contributed by atoms with van der Waals surface area (Å²) in [6.07, 6.45) is 2.35. The Morgan fingerprint density at radius 1 is 0.875 bits per heavy atom. The lowest BCUT2D eigenvalue weighted by Crippen LogP contribution is -2.56. The van der Waals surface area contributed by atoms with Crippen LogP contribution in [0.15, 0.2) is 120 Å². The zero-order valence-corrected chi connectivity index (χ0v) is 42.0. The van der Waals surface area contributed by atoms with Gasteiger partial charge in [0.1, 0.15) is 41.8 Å². The second-order valence-electron chi connectivity index (χ2n) is 18.2. The predicted molar refractivity (Wildman–Crippen MR) is 271 cm³/mol. The minimum atomic E-state index is -4.48. The van der Waals surface area contributed by atoms with Crippen LogP contribution in [0.5, 0.6) is 17.2 Å². The molecule has 0 spiro atoms. The van der Waals surface area contributed by atoms with E-state index in [9.17, 15) is 19.6 Å². The van der Waals surface area contributed by atoms with Crippen molar-refractivity contribution < 1.29 is 41.7 Å². The number of hydrogen-bond acceptors (Lipinski definition) is 12. The first-order valence-electron chi connectivity index (χ1n) is 23.5. The molecule has 72 heavy (non-hydrogen) atoms. The Hall–Kier alpha value is -6.96. The summed E-state index contributed by atoms with van der Waals surface area (Å²) in [6.45, 7) is 3.35. The zero-order valence-electron chi connectivity index (χ0n) is 39.7. The number of methoxy groups -OCH3 is 1. The average molecular weight is 1030 g/mol. The molecule has 3 heterocycles. The Bertz CT molecular complexity index is 3180. The molecule has 1 aromatic heterocycles. The molecule has 9 rings (SSSR count). The fourth-order valence-electron chi connectivity index (χ4n) is 9.26. The van der Waals surface area contributed by atoms with Gasteiger partial charge in [0.05, 0.1) is 40.5 Å². The Labute approximate surface area is 428 Å². The molecule has 14 nitrogen and oxygen atoms in total. The molecule has 2 N–H and O–H groups in total. The summed E-state index contributed by atoms with van der Waals surface area (Å²) in [7, 11) is -3.25. The van der Waals surface area contributed by atoms with Crippen molar-refractivity contribution in [2.45, 2.75) is 88.2 Å². The number of anilines is 1. The summed E-state index contributed by atoms with van der Waals surface area (Å²) in [4.78, 5) is 45.2. The number of esters is 1. The third-order valence-electron chi connectivity index (χ3n) is 13.5. The van der Waals surface area contributed by atoms with Gasteiger partial charge in [-0.05, 0) is 139 Å². The largest absolute Gasteiger partial charge is 0.489 e. The summed E-state index contributed by atoms with van der Waals surface area (Å²) in [5.74, 6) is 0.574. The molecule has 1 unspecified atom stereocenters. The van der Waals surface area contributed by atoms with E-state index in [1.165, 1.54) is 26.2 Å². The van der Waals surface area contributed by atoms with Crippen LogP contribution in [0.2, 0.25) is 10.0 Å². The molecule has 0 saturated heterocycles. The van der Waals surface area contributed by atoms with Gasteiger partial charge in [0.25, 0.3) is 0 Å². The lowest BCUT2D eigenvalue weighted by molar-refractivity contribution is -0.145. The van der Waals surface area contributed by atoms with E-state index in [1.54, 1.807) is 43.3 Å². The summed E-state index contributed by atoms with van der Waals surface area (Å²) in [5, 5.41) is 16.2. The number of ketones is 1. The number of rotatable bonds is 16. The van der Waals surface area contributed by atoms with Crippen molar-refractivity contribution in [3.63, 3.8) is 0 Å². The van der Waals surface area contributed by atoms with Crippen LogP contribution < -0.4 is 24.8 Å². The van der Waals surface area contributed by atoms with Gasteiger partial charge in [-0.1, -0.05) is 84.2 Å². The summed E-state index contributed by atoms with van der Waals surface area (Å²) in [5.41, 5.74) is 6.17. The van der Waals surface area contributed by atoms with Gasteiger partial charge in [-0.15, -0.1) is 0 Å². The number of Topliss-reactive ketones (excluding diaryl/α,β-unsaturated/α-hetero) is 1. The van der Waals surface area contributed by atoms with E-state index in [1.807, 2.05) is 66.7 Å². The first kappa shape index (κ1) is 50.0. The van der Waals surface area contributed by atoms with Crippen molar-refractivity contribution in [1.29, 1.82) is 5.26 Å². The van der Waals surface area contributed by atoms with Crippen LogP contribution in [-0.2, 0) is 55.1 Å². The molecule has 1 saturated carbocycles. The number of carbonyl (C=O) groups is 3. The van der Waals surface area contributed by atoms with Crippen LogP contribution in [0.4, 0.5) is 5.82 Å². The van der Waals surface area contributed by atoms with Crippen LogP contribution in [0.1, 0.15) is 71.4 Å². The first-order valence-corrected chi connectivity index (χ1v) is 25.7. The number of aromatic nitrogens is 1. The first-order chi connectivity index (χ1) is 34.7. The lowest BCUT2D eigenvalue weighted by Gasteiger charge is -2.37. The van der Waals surface area contributed by atoms with E-state index < -0.39 is 46.1 Å². The van der Waals surface area contributed by atoms with E-state index in [2.05, 4.69) is 21.7 Å². The van der Waals surface area contributed by atoms with Crippen molar-refractivity contribution in [3.05, 3.63) is 164 Å². The van der Waals surface area contributed by atoms with Crippen molar-refractivity contribution in [2.24, 2.45) is 5.92 Å². The van der Waals surface area contributed by atoms with Gasteiger partial charge < -0.3 is 29.6 Å². The highest BCUT2D eigenvalue weighted by Crippen LogP contribution is 2.42. The highest BCUT2D eigenvalue weighted by molar-refractivity contribution is 7.89. The van der Waals surface area contributed by atoms with E-state index in [4.69, 9.17) is 42.1 Å². The molecule has 17 heteroatoms. The quantitative estimate of drug-likeness (QED) is 0.0876. The second-order valence-corrected chi connectivity index (χ2v) is 20.9. The summed E-state index contributed by atoms with van der Waals surface area (Å²) >= 11 is 12.2. The minimum absolute atomic E-state index is 0.0231. The molecule has 2 aliphatic heterocycles. The number of amides is 1. The van der Waals surface area contributed by atoms with E-state index in [0.717, 1.165) is 45.8 Å². The number of fused-ring (bicyclic) bond motifs is 2. The molecule has 5 aromatic carbocycles. The molecule has 3 aliphatic rings. The van der Waals surface area contributed by atoms with Gasteiger partial charge in [-0.2, -0.15) is 9.57 Å². The topological polar surface area (TPSA) is 186 Å². The molecule has 4 atom stereocenters. The minimum Gasteiger partial charge on any atom is -0.489 e. The number of halogens is 2. The van der Waals surface area contributed by atoms with Gasteiger partial charge >= 0.3 is 5.97 Å². The van der Waals surface area contributed by atoms with Crippen LogP contribution in [0.3, 0.4) is 0 Å². The van der Waals surface area contributed by atoms with Crippen molar-refractivity contribution in [2.75, 3.05) is 19.0 Å². The number of pyridine rings is 1. The molecule has 370 valence electrons. The number of hydrogen-bond donors (Lipinski definition) is 2. The monoisotopic (exact) mass is 1030 g/mol. The number of nitrogens with one attached hydrogen (secondary N) is 2. The number of benzene rings is 5. The second kappa shape index (κ2) is 21.4. The highest BCUT2D eigenvalue weighted by atomic mass is 35.5. The standard InChI is InChI=1S/C55H51Cl2N5O9S/c1-32-51(21-22-52(59-32)61-53(33(2)63)40-5-4-6-40)72(66,67)62-29-42-27-49-48(70-31-50(71-49)39-16-18-43(19-17-39)69-30-36-11-20-44(56)45(57)23-36)26-41(42)25-47(62)54(64)60-46(55(65)68-3)24-34-7-12-37(13-8-34)38-14-9-35(28-58)10-15-38/h7-23,26-27,40,46-47,50,53H,4-6,24-25,29-31H2,1-3H3,(H,59,61)(H,60,64)/t46-,47-,50+,53?/m0/s1. The van der Waals surface area contributed by atoms with Crippen LogP contribution >= 0.6 is 23.2 Å². The Kier molecular flexibility index (Phi) is 14.9. The maximum absolute atomic E-state index is 15.0. The fraction of sp³-hybridized carbons (Fsp3) is 0.291. The Balaban J connectivity index is 0.972. The average Bonchev–Trinajstić information content (AvgIpc) is 3.37. The molecular weight excluding hydrogens is 978 g/mol. The number of carbonyl (C=O) groups excluding carboxylic acids is 3. The maximum atomic E-state index is 15.0. The number of nitriles is 1. The van der Waals surface area contributed by atoms with Gasteiger partial charge in [0.15, 0.2) is 23.4 Å². The number of sulfonamides is 1. The maximum Gasteiger partial charge on any atom is 0.328 e. The van der Waals surface area contributed by atoms with Crippen molar-refractivity contribution >= 4 is 56.7 Å². The van der Waals surface area contributed by atoms with Crippen LogP contribution in [0.25, 0.3) is 11.1 Å². The summed E-state index contributed by atoms with van der Waals surface area (Å²) in [6, 6.07) is 33.1. The lowest BCUT2D eigenvalue weighted by atomic mass is 9.78. The molecule has 6 aromatic rings. The normalized spacial score (nSPS) is 17.3. The zero-order chi connectivity index (χ0) is 50.7. The van der Waals surface area contributed by atoms with Gasteiger partial charge in [0.2, 0.25) is 15.9 Å². The van der Waals surface area contributed by atoms with E-state index >= 15 is 8.42 Å². The van der Waals surface area contributed by atoms with Gasteiger partial charge in [0, 0.05) is 13.0 Å². The SMILES string of the molecule is COC(=O)[C@H](Cc1ccc(-c2ccc(C#N)cc2)cc1)NC(=O)[C@@H]1Cc2cc3c(cc2CN1S(=O)(=O)c1ccc(NC(C(C)=O)C2CCC2)nc1C)O[C@@H](c1ccc(OCc2ccc(Cl)c(Cl)c2)cc1)CO3. The fourth-order valence-corrected chi connectivity index (χ4v) is 11.3. The Morgan fingerprint density at radius 3 is 2.21 bits per heavy atom. The molecule has 0 radical (unpaired) electrons. The third-order valence-corrected chi connectivity index (χ3v) is 16.2. The van der Waals surface area contributed by atoms with Crippen molar-refractivity contribution in [1.82, 2.24) is 14.6 Å². The molecule has 1 aliphatic carbocycles. The smallest absolute Gasteiger partial charge is 0.328 e. The molecule has 0 bridgehead atoms. The van der Waals surface area contributed by atoms with Gasteiger partial charge in [-0.3, -0.25) is 9.59 Å². The number of ether oxygens (including phenoxy) is 4. The predicted octanol–water partition coefficient (Wildman–Crippen LogP) is 9.51. The van der Waals surface area contributed by atoms with E-state index in [-0.39, 0.29) is 54.9 Å². The van der Waals surface area contributed by atoms with Crippen LogP contribution in [-0.4, -0.2) is 67.2 Å². The van der Waals surface area contributed by atoms with Crippen LogP contribution in [0, 0.1) is 24.2 Å². The molecular formula is C55H51Cl2N5O9S.